The highest BCUT2D eigenvalue weighted by molar-refractivity contribution is 4.51. The summed E-state index contributed by atoms with van der Waals surface area (Å²) >= 11 is 0. The molecule has 2 heteroatoms. The van der Waals surface area contributed by atoms with Gasteiger partial charge in [-0.25, -0.2) is 0 Å². The quantitative estimate of drug-likeness (QED) is 0.593. The van der Waals surface area contributed by atoms with Crippen LogP contribution in [0, 0.1) is 5.92 Å². The van der Waals surface area contributed by atoms with Gasteiger partial charge in [0.2, 0.25) is 0 Å². The van der Waals surface area contributed by atoms with Gasteiger partial charge in [-0.15, -0.1) is 0 Å². The van der Waals surface area contributed by atoms with Crippen molar-refractivity contribution in [1.82, 2.24) is 5.32 Å². The van der Waals surface area contributed by atoms with E-state index >= 15 is 0 Å². The summed E-state index contributed by atoms with van der Waals surface area (Å²) in [4.78, 5) is 0. The fraction of sp³-hybridized carbons (Fsp3) is 1.00. The molecule has 0 aliphatic heterocycles. The van der Waals surface area contributed by atoms with E-state index in [1.54, 1.807) is 0 Å². The van der Waals surface area contributed by atoms with E-state index in [-0.39, 0.29) is 1.43 Å². The average molecular weight is 189 g/mol. The molecule has 0 fully saturated rings. The van der Waals surface area contributed by atoms with Gasteiger partial charge in [0.05, 0.1) is 6.61 Å². The van der Waals surface area contributed by atoms with Gasteiger partial charge in [-0.1, -0.05) is 27.7 Å². The second kappa shape index (κ2) is 8.52. The third-order valence-corrected chi connectivity index (χ3v) is 1.87. The highest BCUT2D eigenvalue weighted by Crippen LogP contribution is 2.02. The Morgan fingerprint density at radius 3 is 2.38 bits per heavy atom. The van der Waals surface area contributed by atoms with Crippen LogP contribution in [0.2, 0.25) is 0 Å². The second-order valence-corrected chi connectivity index (χ2v) is 4.26. The first-order valence-corrected chi connectivity index (χ1v) is 5.44. The lowest BCUT2D eigenvalue weighted by Crippen LogP contribution is -2.26. The van der Waals surface area contributed by atoms with Crippen LogP contribution in [0.5, 0.6) is 0 Å². The molecule has 0 aromatic heterocycles. The van der Waals surface area contributed by atoms with Crippen molar-refractivity contribution < 1.29 is 6.16 Å². The minimum Gasteiger partial charge on any atom is -0.380 e. The van der Waals surface area contributed by atoms with Crippen LogP contribution in [-0.2, 0) is 4.74 Å². The second-order valence-electron chi connectivity index (χ2n) is 4.26. The Labute approximate surface area is 84.5 Å². The molecule has 0 spiro atoms. The molecule has 2 nitrogen and oxygen atoms in total. The minimum absolute atomic E-state index is 0. The Morgan fingerprint density at radius 1 is 1.15 bits per heavy atom. The Morgan fingerprint density at radius 2 is 1.85 bits per heavy atom. The Hall–Kier alpha value is -0.0800. The predicted octanol–water partition coefficient (Wildman–Crippen LogP) is 2.68. The number of hydrogen-bond donors (Lipinski definition) is 1. The van der Waals surface area contributed by atoms with E-state index in [0.29, 0.717) is 6.04 Å². The molecular formula is C11H27NO. The molecule has 0 bridgehead atoms. The van der Waals surface area contributed by atoms with E-state index in [1.165, 1.54) is 12.8 Å². The van der Waals surface area contributed by atoms with Crippen molar-refractivity contribution >= 4 is 0 Å². The van der Waals surface area contributed by atoms with Gasteiger partial charge < -0.3 is 10.1 Å². The molecule has 0 aliphatic rings. The Kier molecular flexibility index (Phi) is 8.46. The molecule has 0 heterocycles. The molecule has 0 unspecified atom stereocenters. The van der Waals surface area contributed by atoms with Crippen molar-refractivity contribution in [2.75, 3.05) is 19.8 Å². The van der Waals surface area contributed by atoms with Gasteiger partial charge in [-0.05, 0) is 18.8 Å². The molecular weight excluding hydrogens is 162 g/mol. The summed E-state index contributed by atoms with van der Waals surface area (Å²) in [6, 6.07) is 0.569. The van der Waals surface area contributed by atoms with Crippen LogP contribution in [0.4, 0.5) is 0 Å². The molecule has 0 atom stereocenters. The first-order chi connectivity index (χ1) is 6.13. The monoisotopic (exact) mass is 189 g/mol. The lowest BCUT2D eigenvalue weighted by Gasteiger charge is -2.09. The van der Waals surface area contributed by atoms with E-state index < -0.39 is 0 Å². The van der Waals surface area contributed by atoms with Crippen molar-refractivity contribution in [3.63, 3.8) is 0 Å². The molecule has 0 saturated carbocycles. The van der Waals surface area contributed by atoms with Crippen LogP contribution in [0.3, 0.4) is 0 Å². The number of rotatable bonds is 8. The van der Waals surface area contributed by atoms with Gasteiger partial charge in [0.1, 0.15) is 0 Å². The van der Waals surface area contributed by atoms with E-state index in [1.807, 2.05) is 0 Å². The van der Waals surface area contributed by atoms with Crippen molar-refractivity contribution in [2.24, 2.45) is 5.92 Å². The Balaban J connectivity index is 0. The third-order valence-electron chi connectivity index (χ3n) is 1.87. The van der Waals surface area contributed by atoms with Crippen molar-refractivity contribution in [3.05, 3.63) is 0 Å². The standard InChI is InChI=1S/C11H25NO.H2/c1-10(2)6-5-8-13-9-7-12-11(3)4;/h10-12H,5-9H2,1-4H3;1H. The fourth-order valence-corrected chi connectivity index (χ4v) is 1.12. The van der Waals surface area contributed by atoms with Crippen molar-refractivity contribution in [3.8, 4) is 0 Å². The van der Waals surface area contributed by atoms with Gasteiger partial charge >= 0.3 is 0 Å². The van der Waals surface area contributed by atoms with Crippen LogP contribution < -0.4 is 5.32 Å². The van der Waals surface area contributed by atoms with Crippen LogP contribution in [0.25, 0.3) is 0 Å². The largest absolute Gasteiger partial charge is 0.380 e. The first kappa shape index (κ1) is 12.9. The average Bonchev–Trinajstić information content (AvgIpc) is 2.01. The molecule has 0 aromatic rings. The molecule has 13 heavy (non-hydrogen) atoms. The minimum atomic E-state index is 0. The van der Waals surface area contributed by atoms with E-state index in [4.69, 9.17) is 4.74 Å². The zero-order valence-corrected chi connectivity index (χ0v) is 9.60. The van der Waals surface area contributed by atoms with Crippen LogP contribution in [0.15, 0.2) is 0 Å². The molecule has 82 valence electrons. The smallest absolute Gasteiger partial charge is 0.0590 e. The topological polar surface area (TPSA) is 21.3 Å². The summed E-state index contributed by atoms with van der Waals surface area (Å²) in [5.41, 5.74) is 0. The summed E-state index contributed by atoms with van der Waals surface area (Å²) in [6.07, 6.45) is 2.47. The van der Waals surface area contributed by atoms with E-state index in [2.05, 4.69) is 33.0 Å². The van der Waals surface area contributed by atoms with Gasteiger partial charge in [0, 0.05) is 20.6 Å². The van der Waals surface area contributed by atoms with Gasteiger partial charge in [0.25, 0.3) is 0 Å². The molecule has 0 radical (unpaired) electrons. The zero-order chi connectivity index (χ0) is 10.1. The summed E-state index contributed by atoms with van der Waals surface area (Å²) in [7, 11) is 0. The van der Waals surface area contributed by atoms with Crippen LogP contribution >= 0.6 is 0 Å². The molecule has 0 aromatic carbocycles. The lowest BCUT2D eigenvalue weighted by atomic mass is 10.1. The predicted molar refractivity (Wildman–Crippen MR) is 60.1 cm³/mol. The maximum Gasteiger partial charge on any atom is 0.0590 e. The fourth-order valence-electron chi connectivity index (χ4n) is 1.12. The lowest BCUT2D eigenvalue weighted by molar-refractivity contribution is 0.128. The first-order valence-electron chi connectivity index (χ1n) is 5.44. The summed E-state index contributed by atoms with van der Waals surface area (Å²) in [5, 5.41) is 3.32. The van der Waals surface area contributed by atoms with Gasteiger partial charge in [-0.3, -0.25) is 0 Å². The van der Waals surface area contributed by atoms with Crippen LogP contribution in [0.1, 0.15) is 42.0 Å². The highest BCUT2D eigenvalue weighted by atomic mass is 16.5. The molecule has 0 amide bonds. The maximum atomic E-state index is 5.47. The van der Waals surface area contributed by atoms with Crippen molar-refractivity contribution in [2.45, 2.75) is 46.6 Å². The molecule has 0 rings (SSSR count). The zero-order valence-electron chi connectivity index (χ0n) is 9.60. The molecule has 1 N–H and O–H groups in total. The SMILES string of the molecule is CC(C)CCCOCCNC(C)C.[HH]. The van der Waals surface area contributed by atoms with Gasteiger partial charge in [-0.2, -0.15) is 0 Å². The van der Waals surface area contributed by atoms with E-state index in [0.717, 1.165) is 25.7 Å². The maximum absolute atomic E-state index is 5.47. The summed E-state index contributed by atoms with van der Waals surface area (Å²) in [5.74, 6) is 0.803. The third kappa shape index (κ3) is 11.9. The van der Waals surface area contributed by atoms with Crippen LogP contribution in [-0.4, -0.2) is 25.8 Å². The normalized spacial score (nSPS) is 11.5. The summed E-state index contributed by atoms with van der Waals surface area (Å²) in [6.45, 7) is 11.5. The molecule has 0 aliphatic carbocycles. The Bertz CT molecular complexity index is 95.5. The number of nitrogens with one attached hydrogen (secondary N) is 1. The number of hydrogen-bond acceptors (Lipinski definition) is 2. The van der Waals surface area contributed by atoms with E-state index in [9.17, 15) is 0 Å². The number of ether oxygens (including phenoxy) is 1. The molecule has 0 saturated heterocycles. The highest BCUT2D eigenvalue weighted by Gasteiger charge is 1.94. The summed E-state index contributed by atoms with van der Waals surface area (Å²) < 4.78 is 5.47. The van der Waals surface area contributed by atoms with Gasteiger partial charge in [0.15, 0.2) is 0 Å². The van der Waals surface area contributed by atoms with Crippen molar-refractivity contribution in [1.29, 1.82) is 0 Å².